The summed E-state index contributed by atoms with van der Waals surface area (Å²) in [6, 6.07) is 14.9. The van der Waals surface area contributed by atoms with E-state index in [2.05, 4.69) is 12.2 Å². The summed E-state index contributed by atoms with van der Waals surface area (Å²) in [5.41, 5.74) is 2.57. The lowest BCUT2D eigenvalue weighted by molar-refractivity contribution is 0.0998. The molecule has 0 saturated heterocycles. The van der Waals surface area contributed by atoms with Crippen molar-refractivity contribution < 1.29 is 13.9 Å². The molecule has 22 heavy (non-hydrogen) atoms. The molecule has 0 saturated carbocycles. The zero-order valence-electron chi connectivity index (χ0n) is 12.6. The molecule has 0 aliphatic carbocycles. The van der Waals surface area contributed by atoms with Gasteiger partial charge in [-0.05, 0) is 42.3 Å². The van der Waals surface area contributed by atoms with Crippen LogP contribution >= 0.6 is 0 Å². The molecular formula is C18H17NO3. The number of amides is 1. The van der Waals surface area contributed by atoms with Crippen LogP contribution in [-0.2, 0) is 6.42 Å². The van der Waals surface area contributed by atoms with Gasteiger partial charge in [-0.1, -0.05) is 25.1 Å². The van der Waals surface area contributed by atoms with Gasteiger partial charge in [0.25, 0.3) is 5.91 Å². The molecule has 0 spiro atoms. The number of hydrogen-bond acceptors (Lipinski definition) is 3. The average Bonchev–Trinajstić information content (AvgIpc) is 2.98. The van der Waals surface area contributed by atoms with Crippen LogP contribution in [0, 0.1) is 0 Å². The minimum absolute atomic E-state index is 0.254. The van der Waals surface area contributed by atoms with E-state index in [-0.39, 0.29) is 11.7 Å². The van der Waals surface area contributed by atoms with Crippen molar-refractivity contribution in [1.29, 1.82) is 0 Å². The first-order chi connectivity index (χ1) is 10.7. The van der Waals surface area contributed by atoms with E-state index in [0.29, 0.717) is 5.58 Å². The molecule has 2 aromatic carbocycles. The molecular weight excluding hydrogens is 278 g/mol. The molecule has 1 heterocycles. The molecule has 3 rings (SSSR count). The first kappa shape index (κ1) is 14.2. The lowest BCUT2D eigenvalue weighted by atomic mass is 10.1. The number of fused-ring (bicyclic) bond motifs is 1. The maximum absolute atomic E-state index is 12.4. The number of carbonyl (C=O) groups excluding carboxylic acids is 1. The Morgan fingerprint density at radius 1 is 1.18 bits per heavy atom. The summed E-state index contributed by atoms with van der Waals surface area (Å²) in [4.78, 5) is 12.4. The zero-order valence-corrected chi connectivity index (χ0v) is 12.6. The quantitative estimate of drug-likeness (QED) is 0.782. The second kappa shape index (κ2) is 5.93. The van der Waals surface area contributed by atoms with Crippen LogP contribution in [0.3, 0.4) is 0 Å². The molecule has 0 atom stereocenters. The van der Waals surface area contributed by atoms with Crippen LogP contribution in [0.25, 0.3) is 11.0 Å². The van der Waals surface area contributed by atoms with Gasteiger partial charge in [0.1, 0.15) is 11.3 Å². The van der Waals surface area contributed by atoms with E-state index in [1.807, 2.05) is 30.3 Å². The van der Waals surface area contributed by atoms with Crippen molar-refractivity contribution in [2.75, 3.05) is 12.4 Å². The monoisotopic (exact) mass is 295 g/mol. The Morgan fingerprint density at radius 3 is 2.77 bits per heavy atom. The van der Waals surface area contributed by atoms with Crippen molar-refractivity contribution >= 4 is 22.6 Å². The van der Waals surface area contributed by atoms with E-state index >= 15 is 0 Å². The average molecular weight is 295 g/mol. The smallest absolute Gasteiger partial charge is 0.291 e. The molecule has 4 nitrogen and oxygen atoms in total. The number of methoxy groups -OCH3 is 1. The van der Waals surface area contributed by atoms with E-state index < -0.39 is 0 Å². The highest BCUT2D eigenvalue weighted by atomic mass is 16.5. The number of benzene rings is 2. The second-order valence-corrected chi connectivity index (χ2v) is 4.98. The van der Waals surface area contributed by atoms with E-state index in [1.54, 1.807) is 25.3 Å². The Kier molecular flexibility index (Phi) is 3.83. The Morgan fingerprint density at radius 2 is 2.00 bits per heavy atom. The summed E-state index contributed by atoms with van der Waals surface area (Å²) in [6.07, 6.45) is 0.855. The van der Waals surface area contributed by atoms with Crippen molar-refractivity contribution in [3.63, 3.8) is 0 Å². The molecule has 3 aromatic rings. The predicted molar refractivity (Wildman–Crippen MR) is 86.5 cm³/mol. The summed E-state index contributed by atoms with van der Waals surface area (Å²) in [5, 5.41) is 3.74. The molecule has 0 aliphatic heterocycles. The summed E-state index contributed by atoms with van der Waals surface area (Å²) >= 11 is 0. The largest absolute Gasteiger partial charge is 0.497 e. The van der Waals surface area contributed by atoms with Gasteiger partial charge in [0.15, 0.2) is 5.76 Å². The summed E-state index contributed by atoms with van der Waals surface area (Å²) in [6.45, 7) is 2.05. The fourth-order valence-electron chi connectivity index (χ4n) is 2.39. The third-order valence-corrected chi connectivity index (χ3v) is 3.59. The first-order valence-corrected chi connectivity index (χ1v) is 7.18. The standard InChI is InChI=1S/C18H17NO3/c1-3-12-6-4-5-7-15(12)19-18(20)17-11-13-10-14(21-2)8-9-16(13)22-17/h4-11H,3H2,1-2H3,(H,19,20). The van der Waals surface area contributed by atoms with Crippen molar-refractivity contribution in [3.05, 3.63) is 59.9 Å². The van der Waals surface area contributed by atoms with Crippen molar-refractivity contribution in [1.82, 2.24) is 0 Å². The van der Waals surface area contributed by atoms with Crippen molar-refractivity contribution in [2.45, 2.75) is 13.3 Å². The number of anilines is 1. The van der Waals surface area contributed by atoms with Crippen LogP contribution in [0.5, 0.6) is 5.75 Å². The highest BCUT2D eigenvalue weighted by molar-refractivity contribution is 6.05. The van der Waals surface area contributed by atoms with Gasteiger partial charge >= 0.3 is 0 Å². The van der Waals surface area contributed by atoms with Gasteiger partial charge in [-0.25, -0.2) is 0 Å². The lowest BCUT2D eigenvalue weighted by Crippen LogP contribution is -2.12. The molecule has 1 amide bonds. The number of furan rings is 1. The van der Waals surface area contributed by atoms with Gasteiger partial charge in [0.2, 0.25) is 0 Å². The number of ether oxygens (including phenoxy) is 1. The van der Waals surface area contributed by atoms with Gasteiger partial charge in [-0.15, -0.1) is 0 Å². The molecule has 0 aliphatic rings. The topological polar surface area (TPSA) is 51.5 Å². The summed E-state index contributed by atoms with van der Waals surface area (Å²) in [7, 11) is 1.61. The third kappa shape index (κ3) is 2.68. The predicted octanol–water partition coefficient (Wildman–Crippen LogP) is 4.26. The molecule has 112 valence electrons. The van der Waals surface area contributed by atoms with Crippen LogP contribution in [0.4, 0.5) is 5.69 Å². The normalized spacial score (nSPS) is 10.6. The number of hydrogen-bond donors (Lipinski definition) is 1. The molecule has 0 unspecified atom stereocenters. The van der Waals surface area contributed by atoms with Crippen LogP contribution in [0.15, 0.2) is 52.9 Å². The molecule has 4 heteroatoms. The molecule has 0 fully saturated rings. The second-order valence-electron chi connectivity index (χ2n) is 4.98. The Hall–Kier alpha value is -2.75. The maximum Gasteiger partial charge on any atom is 0.291 e. The SMILES string of the molecule is CCc1ccccc1NC(=O)c1cc2cc(OC)ccc2o1. The Bertz CT molecular complexity index is 820. The van der Waals surface area contributed by atoms with Gasteiger partial charge in [0, 0.05) is 11.1 Å². The fraction of sp³-hybridized carbons (Fsp3) is 0.167. The van der Waals surface area contributed by atoms with Gasteiger partial charge in [-0.2, -0.15) is 0 Å². The third-order valence-electron chi connectivity index (χ3n) is 3.59. The highest BCUT2D eigenvalue weighted by Crippen LogP contribution is 2.25. The number of rotatable bonds is 4. The summed E-state index contributed by atoms with van der Waals surface area (Å²) in [5.74, 6) is 0.766. The fourth-order valence-corrected chi connectivity index (χ4v) is 2.39. The van der Waals surface area contributed by atoms with Crippen LogP contribution in [-0.4, -0.2) is 13.0 Å². The van der Waals surface area contributed by atoms with Gasteiger partial charge in [-0.3, -0.25) is 4.79 Å². The van der Waals surface area contributed by atoms with Crippen LogP contribution in [0.1, 0.15) is 23.0 Å². The van der Waals surface area contributed by atoms with Gasteiger partial charge < -0.3 is 14.5 Å². The van der Waals surface area contributed by atoms with E-state index in [0.717, 1.165) is 28.8 Å². The number of carbonyl (C=O) groups is 1. The van der Waals surface area contributed by atoms with Crippen molar-refractivity contribution in [2.24, 2.45) is 0 Å². The molecule has 1 aromatic heterocycles. The van der Waals surface area contributed by atoms with E-state index in [4.69, 9.17) is 9.15 Å². The van der Waals surface area contributed by atoms with Crippen molar-refractivity contribution in [3.8, 4) is 5.75 Å². The van der Waals surface area contributed by atoms with Crippen LogP contribution in [0.2, 0.25) is 0 Å². The highest BCUT2D eigenvalue weighted by Gasteiger charge is 2.14. The molecule has 1 N–H and O–H groups in total. The lowest BCUT2D eigenvalue weighted by Gasteiger charge is -2.07. The number of aryl methyl sites for hydroxylation is 1. The molecule has 0 radical (unpaired) electrons. The Balaban J connectivity index is 1.88. The minimum atomic E-state index is -0.254. The summed E-state index contributed by atoms with van der Waals surface area (Å²) < 4.78 is 10.8. The Labute approximate surface area is 128 Å². The zero-order chi connectivity index (χ0) is 15.5. The first-order valence-electron chi connectivity index (χ1n) is 7.18. The minimum Gasteiger partial charge on any atom is -0.497 e. The van der Waals surface area contributed by atoms with E-state index in [9.17, 15) is 4.79 Å². The number of para-hydroxylation sites is 1. The van der Waals surface area contributed by atoms with Crippen LogP contribution < -0.4 is 10.1 Å². The van der Waals surface area contributed by atoms with Gasteiger partial charge in [0.05, 0.1) is 7.11 Å². The number of nitrogens with one attached hydrogen (secondary N) is 1. The molecule has 0 bridgehead atoms. The maximum atomic E-state index is 12.4. The van der Waals surface area contributed by atoms with E-state index in [1.165, 1.54) is 0 Å².